The molecule has 1 aromatic heterocycles. The Hall–Kier alpha value is -1.97. The third kappa shape index (κ3) is 3.13. The van der Waals surface area contributed by atoms with E-state index in [0.717, 1.165) is 27.9 Å². The molecule has 108 valence electrons. The fourth-order valence-corrected chi connectivity index (χ4v) is 2.34. The van der Waals surface area contributed by atoms with Crippen LogP contribution in [0.5, 0.6) is 5.75 Å². The van der Waals surface area contributed by atoms with Crippen LogP contribution in [0.2, 0.25) is 0 Å². The molecule has 0 aliphatic heterocycles. The van der Waals surface area contributed by atoms with Crippen LogP contribution >= 0.6 is 0 Å². The second-order valence-corrected chi connectivity index (χ2v) is 6.12. The number of hydrogen-bond donors (Lipinski definition) is 2. The first-order valence-corrected chi connectivity index (χ1v) is 6.76. The number of aryl methyl sites for hydroxylation is 1. The maximum absolute atomic E-state index is 12.1. The highest BCUT2D eigenvalue weighted by Crippen LogP contribution is 2.26. The number of aromatic nitrogens is 1. The molecule has 0 aliphatic rings. The van der Waals surface area contributed by atoms with Crippen LogP contribution in [0.15, 0.2) is 18.2 Å². The SMILES string of the molecule is COc1ccc2[nH]c(C)c(CC(=O)NC(C)(C)C)c2c1. The Morgan fingerprint density at radius 1 is 1.35 bits per heavy atom. The molecule has 0 atom stereocenters. The Kier molecular flexibility index (Phi) is 3.75. The number of rotatable bonds is 3. The first kappa shape index (κ1) is 14.4. The quantitative estimate of drug-likeness (QED) is 0.904. The van der Waals surface area contributed by atoms with E-state index in [1.807, 2.05) is 45.9 Å². The molecule has 0 fully saturated rings. The van der Waals surface area contributed by atoms with Crippen molar-refractivity contribution in [1.82, 2.24) is 10.3 Å². The number of amides is 1. The predicted molar refractivity (Wildman–Crippen MR) is 81.2 cm³/mol. The zero-order chi connectivity index (χ0) is 14.9. The summed E-state index contributed by atoms with van der Waals surface area (Å²) in [4.78, 5) is 15.4. The number of hydrogen-bond acceptors (Lipinski definition) is 2. The zero-order valence-electron chi connectivity index (χ0n) is 12.8. The second-order valence-electron chi connectivity index (χ2n) is 6.12. The van der Waals surface area contributed by atoms with Crippen LogP contribution in [0.25, 0.3) is 10.9 Å². The van der Waals surface area contributed by atoms with Crippen LogP contribution in [0, 0.1) is 6.92 Å². The van der Waals surface area contributed by atoms with E-state index in [9.17, 15) is 4.79 Å². The van der Waals surface area contributed by atoms with Crippen molar-refractivity contribution in [2.24, 2.45) is 0 Å². The van der Waals surface area contributed by atoms with E-state index >= 15 is 0 Å². The lowest BCUT2D eigenvalue weighted by Gasteiger charge is -2.20. The predicted octanol–water partition coefficient (Wildman–Crippen LogP) is 2.94. The number of nitrogens with one attached hydrogen (secondary N) is 2. The summed E-state index contributed by atoms with van der Waals surface area (Å²) < 4.78 is 5.26. The average molecular weight is 274 g/mol. The van der Waals surface area contributed by atoms with Gasteiger partial charge in [-0.3, -0.25) is 4.79 Å². The molecule has 0 spiro atoms. The van der Waals surface area contributed by atoms with Gasteiger partial charge in [0.25, 0.3) is 0 Å². The zero-order valence-corrected chi connectivity index (χ0v) is 12.8. The van der Waals surface area contributed by atoms with E-state index in [0.29, 0.717) is 6.42 Å². The van der Waals surface area contributed by atoms with E-state index in [-0.39, 0.29) is 11.4 Å². The molecule has 1 heterocycles. The molecule has 0 bridgehead atoms. The molecule has 0 saturated heterocycles. The molecule has 4 nitrogen and oxygen atoms in total. The second kappa shape index (κ2) is 5.19. The van der Waals surface area contributed by atoms with Crippen molar-refractivity contribution in [3.05, 3.63) is 29.5 Å². The van der Waals surface area contributed by atoms with Crippen molar-refractivity contribution in [1.29, 1.82) is 0 Å². The van der Waals surface area contributed by atoms with Crippen LogP contribution in [0.1, 0.15) is 32.0 Å². The number of ether oxygens (including phenoxy) is 1. The highest BCUT2D eigenvalue weighted by atomic mass is 16.5. The standard InChI is InChI=1S/C16H22N2O2/c1-10-12(9-15(19)18-16(2,3)4)13-8-11(20-5)6-7-14(13)17-10/h6-8,17H,9H2,1-5H3,(H,18,19). The van der Waals surface area contributed by atoms with Crippen LogP contribution in [-0.4, -0.2) is 23.5 Å². The average Bonchev–Trinajstić information content (AvgIpc) is 2.63. The maximum atomic E-state index is 12.1. The molecule has 20 heavy (non-hydrogen) atoms. The van der Waals surface area contributed by atoms with Gasteiger partial charge in [-0.05, 0) is 51.5 Å². The van der Waals surface area contributed by atoms with Crippen molar-refractivity contribution in [2.75, 3.05) is 7.11 Å². The smallest absolute Gasteiger partial charge is 0.224 e. The maximum Gasteiger partial charge on any atom is 0.224 e. The lowest BCUT2D eigenvalue weighted by atomic mass is 10.0. The molecule has 2 N–H and O–H groups in total. The van der Waals surface area contributed by atoms with E-state index < -0.39 is 0 Å². The largest absolute Gasteiger partial charge is 0.497 e. The van der Waals surface area contributed by atoms with Gasteiger partial charge in [0.2, 0.25) is 5.91 Å². The van der Waals surface area contributed by atoms with E-state index in [1.54, 1.807) is 7.11 Å². The number of carbonyl (C=O) groups excluding carboxylic acids is 1. The van der Waals surface area contributed by atoms with E-state index in [1.165, 1.54) is 0 Å². The van der Waals surface area contributed by atoms with Gasteiger partial charge in [-0.15, -0.1) is 0 Å². The highest BCUT2D eigenvalue weighted by molar-refractivity contribution is 5.91. The Bertz CT molecular complexity index is 636. The lowest BCUT2D eigenvalue weighted by Crippen LogP contribution is -2.41. The van der Waals surface area contributed by atoms with Crippen LogP contribution in [0.4, 0.5) is 0 Å². The van der Waals surface area contributed by atoms with E-state index in [4.69, 9.17) is 4.74 Å². The molecule has 2 rings (SSSR count). The number of aromatic amines is 1. The van der Waals surface area contributed by atoms with Gasteiger partial charge in [-0.1, -0.05) is 0 Å². The summed E-state index contributed by atoms with van der Waals surface area (Å²) >= 11 is 0. The first-order valence-electron chi connectivity index (χ1n) is 6.76. The molecular formula is C16H22N2O2. The lowest BCUT2D eigenvalue weighted by molar-refractivity contribution is -0.121. The van der Waals surface area contributed by atoms with Gasteiger partial charge in [0.05, 0.1) is 13.5 Å². The third-order valence-electron chi connectivity index (χ3n) is 3.18. The molecule has 0 aliphatic carbocycles. The van der Waals surface area contributed by atoms with Crippen LogP contribution in [0.3, 0.4) is 0 Å². The summed E-state index contributed by atoms with van der Waals surface area (Å²) in [5.41, 5.74) is 2.87. The summed E-state index contributed by atoms with van der Waals surface area (Å²) in [7, 11) is 1.65. The van der Waals surface area contributed by atoms with Gasteiger partial charge in [0.1, 0.15) is 5.75 Å². The molecule has 2 aromatic rings. The van der Waals surface area contributed by atoms with E-state index in [2.05, 4.69) is 10.3 Å². The summed E-state index contributed by atoms with van der Waals surface area (Å²) in [6.45, 7) is 7.94. The van der Waals surface area contributed by atoms with Crippen molar-refractivity contribution in [2.45, 2.75) is 39.7 Å². The van der Waals surface area contributed by atoms with Crippen molar-refractivity contribution in [3.8, 4) is 5.75 Å². The minimum atomic E-state index is -0.214. The van der Waals surface area contributed by atoms with Gasteiger partial charge in [0, 0.05) is 22.1 Å². The molecular weight excluding hydrogens is 252 g/mol. The molecule has 4 heteroatoms. The Morgan fingerprint density at radius 3 is 2.65 bits per heavy atom. The van der Waals surface area contributed by atoms with Gasteiger partial charge >= 0.3 is 0 Å². The number of methoxy groups -OCH3 is 1. The van der Waals surface area contributed by atoms with Gasteiger partial charge in [-0.25, -0.2) is 0 Å². The topological polar surface area (TPSA) is 54.1 Å². The third-order valence-corrected chi connectivity index (χ3v) is 3.18. The van der Waals surface area contributed by atoms with Gasteiger partial charge < -0.3 is 15.0 Å². The monoisotopic (exact) mass is 274 g/mol. The number of benzene rings is 1. The Labute approximate surface area is 119 Å². The van der Waals surface area contributed by atoms with Crippen molar-refractivity contribution in [3.63, 3.8) is 0 Å². The molecule has 0 unspecified atom stereocenters. The van der Waals surface area contributed by atoms with Gasteiger partial charge in [0.15, 0.2) is 0 Å². The van der Waals surface area contributed by atoms with Crippen molar-refractivity contribution < 1.29 is 9.53 Å². The highest BCUT2D eigenvalue weighted by Gasteiger charge is 2.17. The van der Waals surface area contributed by atoms with Gasteiger partial charge in [-0.2, -0.15) is 0 Å². The summed E-state index contributed by atoms with van der Waals surface area (Å²) in [6, 6.07) is 5.86. The van der Waals surface area contributed by atoms with Crippen LogP contribution < -0.4 is 10.1 Å². The summed E-state index contributed by atoms with van der Waals surface area (Å²) in [5.74, 6) is 0.832. The molecule has 0 saturated carbocycles. The minimum absolute atomic E-state index is 0.0318. The number of carbonyl (C=O) groups is 1. The molecule has 1 amide bonds. The van der Waals surface area contributed by atoms with Crippen LogP contribution in [-0.2, 0) is 11.2 Å². The number of H-pyrrole nitrogens is 1. The summed E-state index contributed by atoms with van der Waals surface area (Å²) in [6.07, 6.45) is 0.371. The molecule has 0 radical (unpaired) electrons. The normalized spacial score (nSPS) is 11.7. The number of fused-ring (bicyclic) bond motifs is 1. The summed E-state index contributed by atoms with van der Waals surface area (Å²) in [5, 5.41) is 4.04. The molecule has 1 aromatic carbocycles. The Morgan fingerprint density at radius 2 is 2.05 bits per heavy atom. The fourth-order valence-electron chi connectivity index (χ4n) is 2.34. The Balaban J connectivity index is 2.33. The first-order chi connectivity index (χ1) is 9.30. The fraction of sp³-hybridized carbons (Fsp3) is 0.438. The van der Waals surface area contributed by atoms with Crippen molar-refractivity contribution >= 4 is 16.8 Å². The minimum Gasteiger partial charge on any atom is -0.497 e.